The van der Waals surface area contributed by atoms with Crippen molar-refractivity contribution in [1.29, 1.82) is 0 Å². The molecule has 0 aliphatic rings. The Morgan fingerprint density at radius 2 is 1.88 bits per heavy atom. The molecular weight excluding hydrogens is 220 g/mol. The fourth-order valence-corrected chi connectivity index (χ4v) is 1.58. The molecule has 1 aromatic carbocycles. The quantitative estimate of drug-likeness (QED) is 0.709. The van der Waals surface area contributed by atoms with Crippen molar-refractivity contribution in [2.75, 3.05) is 6.61 Å². The van der Waals surface area contributed by atoms with Crippen LogP contribution in [0.1, 0.15) is 11.7 Å². The van der Waals surface area contributed by atoms with Crippen LogP contribution in [0.4, 0.5) is 0 Å². The monoisotopic (exact) mass is 234 g/mol. The minimum atomic E-state index is -1.16. The lowest BCUT2D eigenvalue weighted by atomic mass is 10.0. The van der Waals surface area contributed by atoms with Crippen molar-refractivity contribution < 1.29 is 15.3 Å². The Morgan fingerprint density at radius 3 is 2.41 bits per heavy atom. The summed E-state index contributed by atoms with van der Waals surface area (Å²) in [7, 11) is 0. The van der Waals surface area contributed by atoms with Crippen LogP contribution in [0.2, 0.25) is 0 Å². The van der Waals surface area contributed by atoms with E-state index in [1.165, 1.54) is 0 Å². The fourth-order valence-electron chi connectivity index (χ4n) is 1.58. The van der Waals surface area contributed by atoms with E-state index in [1.54, 1.807) is 24.7 Å². The SMILES string of the molecule is OCC(O)C(O)c1ccc(-n2ccnc2)cc1. The van der Waals surface area contributed by atoms with E-state index >= 15 is 0 Å². The molecule has 0 bridgehead atoms. The molecule has 0 amide bonds. The summed E-state index contributed by atoms with van der Waals surface area (Å²) in [6.45, 7) is -0.468. The Balaban J connectivity index is 2.18. The lowest BCUT2D eigenvalue weighted by molar-refractivity contribution is -0.0152. The molecule has 5 nitrogen and oxygen atoms in total. The number of imidazole rings is 1. The maximum absolute atomic E-state index is 9.68. The molecule has 0 fully saturated rings. The minimum absolute atomic E-state index is 0.468. The third-order valence-corrected chi connectivity index (χ3v) is 2.59. The second-order valence-corrected chi connectivity index (χ2v) is 3.76. The number of benzene rings is 1. The average molecular weight is 234 g/mol. The molecule has 0 aliphatic carbocycles. The first kappa shape index (κ1) is 11.8. The topological polar surface area (TPSA) is 78.5 Å². The summed E-state index contributed by atoms with van der Waals surface area (Å²) in [5, 5.41) is 27.7. The summed E-state index contributed by atoms with van der Waals surface area (Å²) >= 11 is 0. The molecule has 3 N–H and O–H groups in total. The minimum Gasteiger partial charge on any atom is -0.394 e. The number of aliphatic hydroxyl groups excluding tert-OH is 3. The molecule has 2 rings (SSSR count). The summed E-state index contributed by atoms with van der Waals surface area (Å²) in [6.07, 6.45) is 2.94. The Morgan fingerprint density at radius 1 is 1.18 bits per heavy atom. The van der Waals surface area contributed by atoms with E-state index in [4.69, 9.17) is 5.11 Å². The number of rotatable bonds is 4. The molecule has 0 aliphatic heterocycles. The molecule has 17 heavy (non-hydrogen) atoms. The standard InChI is InChI=1S/C12H14N2O3/c15-7-11(16)12(17)9-1-3-10(4-2-9)14-6-5-13-8-14/h1-6,8,11-12,15-17H,7H2. The lowest BCUT2D eigenvalue weighted by Crippen LogP contribution is -2.21. The van der Waals surface area contributed by atoms with Crippen LogP contribution in [-0.4, -0.2) is 37.6 Å². The van der Waals surface area contributed by atoms with Gasteiger partial charge in [0, 0.05) is 18.1 Å². The zero-order chi connectivity index (χ0) is 12.3. The second-order valence-electron chi connectivity index (χ2n) is 3.76. The maximum atomic E-state index is 9.68. The molecule has 2 aromatic rings. The van der Waals surface area contributed by atoms with Gasteiger partial charge in [-0.3, -0.25) is 0 Å². The van der Waals surface area contributed by atoms with Gasteiger partial charge in [-0.15, -0.1) is 0 Å². The van der Waals surface area contributed by atoms with Gasteiger partial charge in [-0.2, -0.15) is 0 Å². The highest BCUT2D eigenvalue weighted by Crippen LogP contribution is 2.18. The number of nitrogens with zero attached hydrogens (tertiary/aromatic N) is 2. The molecule has 0 saturated carbocycles. The Kier molecular flexibility index (Phi) is 3.53. The molecule has 0 radical (unpaired) electrons. The van der Waals surface area contributed by atoms with Gasteiger partial charge < -0.3 is 19.9 Å². The molecule has 5 heteroatoms. The van der Waals surface area contributed by atoms with Crippen LogP contribution in [0.15, 0.2) is 43.0 Å². The largest absolute Gasteiger partial charge is 0.394 e. The predicted octanol–water partition coefficient (Wildman–Crippen LogP) is 0.259. The Bertz CT molecular complexity index is 453. The van der Waals surface area contributed by atoms with Crippen LogP contribution >= 0.6 is 0 Å². The van der Waals surface area contributed by atoms with Crippen molar-refractivity contribution in [2.45, 2.75) is 12.2 Å². The van der Waals surface area contributed by atoms with Crippen molar-refractivity contribution in [3.8, 4) is 5.69 Å². The number of hydrogen-bond donors (Lipinski definition) is 3. The van der Waals surface area contributed by atoms with Gasteiger partial charge >= 0.3 is 0 Å². The van der Waals surface area contributed by atoms with Crippen molar-refractivity contribution in [3.63, 3.8) is 0 Å². The van der Waals surface area contributed by atoms with Crippen LogP contribution in [-0.2, 0) is 0 Å². The van der Waals surface area contributed by atoms with Gasteiger partial charge in [0.15, 0.2) is 0 Å². The molecule has 0 saturated heterocycles. The normalized spacial score (nSPS) is 14.5. The van der Waals surface area contributed by atoms with E-state index in [2.05, 4.69) is 4.98 Å². The molecule has 2 unspecified atom stereocenters. The summed E-state index contributed by atoms with van der Waals surface area (Å²) in [4.78, 5) is 3.94. The van der Waals surface area contributed by atoms with Gasteiger partial charge in [-0.25, -0.2) is 4.98 Å². The van der Waals surface area contributed by atoms with Gasteiger partial charge in [0.25, 0.3) is 0 Å². The highest BCUT2D eigenvalue weighted by atomic mass is 16.4. The van der Waals surface area contributed by atoms with E-state index < -0.39 is 18.8 Å². The first-order chi connectivity index (χ1) is 8.22. The van der Waals surface area contributed by atoms with Gasteiger partial charge in [0.05, 0.1) is 12.9 Å². The molecule has 90 valence electrons. The Labute approximate surface area is 98.6 Å². The Hall–Kier alpha value is -1.69. The van der Waals surface area contributed by atoms with Gasteiger partial charge in [-0.05, 0) is 17.7 Å². The summed E-state index contributed by atoms with van der Waals surface area (Å²) in [5.41, 5.74) is 1.48. The van der Waals surface area contributed by atoms with Crippen molar-refractivity contribution >= 4 is 0 Å². The van der Waals surface area contributed by atoms with Gasteiger partial charge in [0.2, 0.25) is 0 Å². The number of hydrogen-bond acceptors (Lipinski definition) is 4. The van der Waals surface area contributed by atoms with Crippen LogP contribution in [0.3, 0.4) is 0 Å². The molecular formula is C12H14N2O3. The predicted molar refractivity (Wildman–Crippen MR) is 61.6 cm³/mol. The molecule has 2 atom stereocenters. The van der Waals surface area contributed by atoms with Gasteiger partial charge in [0.1, 0.15) is 12.2 Å². The number of aromatic nitrogens is 2. The third-order valence-electron chi connectivity index (χ3n) is 2.59. The fraction of sp³-hybridized carbons (Fsp3) is 0.250. The van der Waals surface area contributed by atoms with Crippen LogP contribution in [0.5, 0.6) is 0 Å². The number of aliphatic hydroxyl groups is 3. The maximum Gasteiger partial charge on any atom is 0.107 e. The van der Waals surface area contributed by atoms with Crippen LogP contribution < -0.4 is 0 Å². The van der Waals surface area contributed by atoms with E-state index in [-0.39, 0.29) is 0 Å². The first-order valence-electron chi connectivity index (χ1n) is 5.27. The highest BCUT2D eigenvalue weighted by molar-refractivity contribution is 5.35. The van der Waals surface area contributed by atoms with Crippen LogP contribution in [0.25, 0.3) is 5.69 Å². The van der Waals surface area contributed by atoms with Gasteiger partial charge in [-0.1, -0.05) is 12.1 Å². The van der Waals surface area contributed by atoms with Crippen molar-refractivity contribution in [3.05, 3.63) is 48.5 Å². The van der Waals surface area contributed by atoms with E-state index in [0.717, 1.165) is 5.69 Å². The second kappa shape index (κ2) is 5.09. The summed E-state index contributed by atoms with van der Waals surface area (Å²) < 4.78 is 1.83. The molecule has 1 heterocycles. The van der Waals surface area contributed by atoms with E-state index in [1.807, 2.05) is 22.9 Å². The third kappa shape index (κ3) is 2.52. The summed E-state index contributed by atoms with van der Waals surface area (Å²) in [5.74, 6) is 0. The smallest absolute Gasteiger partial charge is 0.107 e. The lowest BCUT2D eigenvalue weighted by Gasteiger charge is -2.16. The van der Waals surface area contributed by atoms with Crippen molar-refractivity contribution in [1.82, 2.24) is 9.55 Å². The average Bonchev–Trinajstić information content (AvgIpc) is 2.91. The summed E-state index contributed by atoms with van der Waals surface area (Å²) in [6, 6.07) is 7.03. The van der Waals surface area contributed by atoms with E-state index in [0.29, 0.717) is 5.56 Å². The highest BCUT2D eigenvalue weighted by Gasteiger charge is 2.16. The zero-order valence-corrected chi connectivity index (χ0v) is 9.14. The molecule has 0 spiro atoms. The molecule has 1 aromatic heterocycles. The van der Waals surface area contributed by atoms with Crippen molar-refractivity contribution in [2.24, 2.45) is 0 Å². The van der Waals surface area contributed by atoms with Crippen LogP contribution in [0, 0.1) is 0 Å². The first-order valence-corrected chi connectivity index (χ1v) is 5.27. The zero-order valence-electron chi connectivity index (χ0n) is 9.14. The van der Waals surface area contributed by atoms with E-state index in [9.17, 15) is 10.2 Å².